The zero-order valence-electron chi connectivity index (χ0n) is 18.1. The zero-order valence-corrected chi connectivity index (χ0v) is 19.7. The minimum absolute atomic E-state index is 0.133. The first-order valence-corrected chi connectivity index (χ1v) is 12.5. The molecule has 0 unspecified atom stereocenters. The van der Waals surface area contributed by atoms with Crippen LogP contribution in [-0.2, 0) is 26.0 Å². The number of hydrogen-bond acceptors (Lipinski definition) is 6. The van der Waals surface area contributed by atoms with Crippen LogP contribution in [0, 0.1) is 0 Å². The molecule has 0 spiro atoms. The summed E-state index contributed by atoms with van der Waals surface area (Å²) in [7, 11) is -1.79. The van der Waals surface area contributed by atoms with Gasteiger partial charge in [-0.05, 0) is 35.4 Å². The van der Waals surface area contributed by atoms with Gasteiger partial charge in [0.25, 0.3) is 0 Å². The summed E-state index contributed by atoms with van der Waals surface area (Å²) in [6.45, 7) is 1.06. The van der Waals surface area contributed by atoms with E-state index in [2.05, 4.69) is 15.6 Å². The predicted molar refractivity (Wildman–Crippen MR) is 127 cm³/mol. The van der Waals surface area contributed by atoms with Crippen LogP contribution in [0.5, 0.6) is 0 Å². The van der Waals surface area contributed by atoms with Crippen LogP contribution in [0.15, 0.2) is 53.7 Å². The third-order valence-electron chi connectivity index (χ3n) is 5.70. The lowest BCUT2D eigenvalue weighted by atomic mass is 9.89. The average molecular weight is 487 g/mol. The molecule has 0 radical (unpaired) electrons. The summed E-state index contributed by atoms with van der Waals surface area (Å²) in [5.74, 6) is -0.948. The van der Waals surface area contributed by atoms with Gasteiger partial charge in [0.15, 0.2) is 9.84 Å². The lowest BCUT2D eigenvalue weighted by molar-refractivity contribution is -0.123. The second-order valence-corrected chi connectivity index (χ2v) is 10.5. The highest BCUT2D eigenvalue weighted by atomic mass is 35.5. The van der Waals surface area contributed by atoms with Gasteiger partial charge >= 0.3 is 0 Å². The van der Waals surface area contributed by atoms with Crippen LogP contribution in [0.3, 0.4) is 0 Å². The van der Waals surface area contributed by atoms with Crippen molar-refractivity contribution in [3.63, 3.8) is 0 Å². The van der Waals surface area contributed by atoms with Gasteiger partial charge in [-0.3, -0.25) is 19.5 Å². The van der Waals surface area contributed by atoms with Gasteiger partial charge in [-0.2, -0.15) is 0 Å². The third-order valence-corrected chi connectivity index (χ3v) is 7.04. The summed E-state index contributed by atoms with van der Waals surface area (Å²) in [6.07, 6.45) is 4.23. The first kappa shape index (κ1) is 23.2. The normalized spacial score (nSPS) is 16.3. The molecule has 1 aromatic heterocycles. The largest absolute Gasteiger partial charge is 0.358 e. The van der Waals surface area contributed by atoms with E-state index in [1.807, 2.05) is 11.0 Å². The van der Waals surface area contributed by atoms with E-state index in [9.17, 15) is 18.0 Å². The van der Waals surface area contributed by atoms with Crippen LogP contribution in [0.1, 0.15) is 17.0 Å². The van der Waals surface area contributed by atoms with Crippen LogP contribution < -0.4 is 10.6 Å². The number of rotatable bonds is 5. The Kier molecular flexibility index (Phi) is 6.38. The Hall–Kier alpha value is -3.01. The Labute approximate surface area is 196 Å². The van der Waals surface area contributed by atoms with Crippen molar-refractivity contribution in [3.05, 3.63) is 64.9 Å². The molecule has 3 aromatic rings. The second kappa shape index (κ2) is 9.09. The van der Waals surface area contributed by atoms with E-state index in [0.717, 1.165) is 17.4 Å². The average Bonchev–Trinajstić information content (AvgIpc) is 2.78. The Morgan fingerprint density at radius 3 is 2.70 bits per heavy atom. The number of likely N-dealkylation sites (N-methyl/N-ethyl adjacent to an activating group) is 1. The molecule has 10 heteroatoms. The standard InChI is InChI=1S/C23H23ClN4O4S/c1-25-22(29)13-28-11-14-3-4-16(24)8-19(14)20(12-28)23(30)27-21-10-26-9-15-7-17(33(2,31)32)5-6-18(15)21/h3-10,20H,11-13H2,1-2H3,(H,25,29)(H,27,30)/t20-/m1/s1. The molecular weight excluding hydrogens is 464 g/mol. The van der Waals surface area contributed by atoms with E-state index in [0.29, 0.717) is 34.6 Å². The Morgan fingerprint density at radius 2 is 1.97 bits per heavy atom. The molecule has 0 aliphatic carbocycles. The summed E-state index contributed by atoms with van der Waals surface area (Å²) in [5.41, 5.74) is 2.23. The van der Waals surface area contributed by atoms with Crippen molar-refractivity contribution in [1.29, 1.82) is 0 Å². The van der Waals surface area contributed by atoms with Crippen molar-refractivity contribution >= 4 is 49.7 Å². The van der Waals surface area contributed by atoms with E-state index >= 15 is 0 Å². The maximum Gasteiger partial charge on any atom is 0.233 e. The van der Waals surface area contributed by atoms with Gasteiger partial charge in [0, 0.05) is 48.4 Å². The van der Waals surface area contributed by atoms with Gasteiger partial charge in [0.1, 0.15) is 0 Å². The zero-order chi connectivity index (χ0) is 23.8. The number of sulfone groups is 1. The fraction of sp³-hybridized carbons (Fsp3) is 0.261. The van der Waals surface area contributed by atoms with Crippen LogP contribution in [0.25, 0.3) is 10.8 Å². The fourth-order valence-electron chi connectivity index (χ4n) is 4.03. The van der Waals surface area contributed by atoms with Crippen LogP contribution in [-0.4, -0.2) is 56.5 Å². The van der Waals surface area contributed by atoms with E-state index in [4.69, 9.17) is 11.6 Å². The SMILES string of the molecule is CNC(=O)CN1Cc2ccc(Cl)cc2[C@H](C(=O)Nc2cncc3cc(S(C)(=O)=O)ccc23)C1. The van der Waals surface area contributed by atoms with Crippen molar-refractivity contribution < 1.29 is 18.0 Å². The van der Waals surface area contributed by atoms with E-state index in [1.54, 1.807) is 31.4 Å². The third kappa shape index (κ3) is 5.00. The molecule has 0 saturated carbocycles. The Bertz CT molecular complexity index is 1360. The number of fused-ring (bicyclic) bond motifs is 2. The fourth-order valence-corrected chi connectivity index (χ4v) is 4.86. The van der Waals surface area contributed by atoms with Crippen LogP contribution in [0.2, 0.25) is 5.02 Å². The molecule has 1 aliphatic heterocycles. The molecule has 2 amide bonds. The Morgan fingerprint density at radius 1 is 1.18 bits per heavy atom. The minimum atomic E-state index is -3.37. The molecule has 172 valence electrons. The first-order chi connectivity index (χ1) is 15.7. The monoisotopic (exact) mass is 486 g/mol. The van der Waals surface area contributed by atoms with Crippen molar-refractivity contribution in [2.24, 2.45) is 0 Å². The van der Waals surface area contributed by atoms with E-state index in [-0.39, 0.29) is 23.3 Å². The van der Waals surface area contributed by atoms with Gasteiger partial charge in [0.2, 0.25) is 11.8 Å². The number of nitrogens with zero attached hydrogens (tertiary/aromatic N) is 2. The topological polar surface area (TPSA) is 108 Å². The van der Waals surface area contributed by atoms with E-state index in [1.165, 1.54) is 18.3 Å². The van der Waals surface area contributed by atoms with Crippen molar-refractivity contribution in [2.75, 3.05) is 31.7 Å². The molecule has 33 heavy (non-hydrogen) atoms. The number of benzene rings is 2. The number of amides is 2. The predicted octanol–water partition coefficient (Wildman–Crippen LogP) is 2.58. The summed E-state index contributed by atoms with van der Waals surface area (Å²) in [6, 6.07) is 10.1. The highest BCUT2D eigenvalue weighted by Gasteiger charge is 2.32. The number of pyridine rings is 1. The molecule has 1 atom stereocenters. The maximum atomic E-state index is 13.4. The smallest absolute Gasteiger partial charge is 0.233 e. The highest BCUT2D eigenvalue weighted by Crippen LogP contribution is 2.32. The lowest BCUT2D eigenvalue weighted by Crippen LogP contribution is -2.43. The van der Waals surface area contributed by atoms with Gasteiger partial charge in [-0.15, -0.1) is 0 Å². The molecule has 0 bridgehead atoms. The van der Waals surface area contributed by atoms with Gasteiger partial charge < -0.3 is 10.6 Å². The quantitative estimate of drug-likeness (QED) is 0.573. The lowest BCUT2D eigenvalue weighted by Gasteiger charge is -2.33. The Balaban J connectivity index is 1.66. The van der Waals surface area contributed by atoms with Crippen molar-refractivity contribution in [2.45, 2.75) is 17.4 Å². The van der Waals surface area contributed by atoms with Gasteiger partial charge in [-0.1, -0.05) is 23.7 Å². The van der Waals surface area contributed by atoms with Crippen molar-refractivity contribution in [3.8, 4) is 0 Å². The molecule has 8 nitrogen and oxygen atoms in total. The molecule has 0 fully saturated rings. The van der Waals surface area contributed by atoms with Crippen molar-refractivity contribution in [1.82, 2.24) is 15.2 Å². The molecule has 2 N–H and O–H groups in total. The highest BCUT2D eigenvalue weighted by molar-refractivity contribution is 7.90. The summed E-state index contributed by atoms with van der Waals surface area (Å²) >= 11 is 6.21. The number of anilines is 1. The molecular formula is C23H23ClN4O4S. The second-order valence-electron chi connectivity index (χ2n) is 8.07. The summed E-state index contributed by atoms with van der Waals surface area (Å²) in [5, 5.41) is 7.36. The number of halogens is 1. The summed E-state index contributed by atoms with van der Waals surface area (Å²) < 4.78 is 23.8. The number of hydrogen-bond donors (Lipinski definition) is 2. The number of carbonyl (C=O) groups is 2. The minimum Gasteiger partial charge on any atom is -0.358 e. The molecule has 4 rings (SSSR count). The van der Waals surface area contributed by atoms with Gasteiger partial charge in [-0.25, -0.2) is 8.42 Å². The van der Waals surface area contributed by atoms with Crippen LogP contribution >= 0.6 is 11.6 Å². The molecule has 2 aromatic carbocycles. The summed E-state index contributed by atoms with van der Waals surface area (Å²) in [4.78, 5) is 31.6. The number of nitrogens with one attached hydrogen (secondary N) is 2. The molecule has 2 heterocycles. The van der Waals surface area contributed by atoms with E-state index < -0.39 is 15.8 Å². The molecule has 0 saturated heterocycles. The maximum absolute atomic E-state index is 13.4. The number of aromatic nitrogens is 1. The molecule has 1 aliphatic rings. The van der Waals surface area contributed by atoms with Crippen LogP contribution in [0.4, 0.5) is 5.69 Å². The number of carbonyl (C=O) groups excluding carboxylic acids is 2. The van der Waals surface area contributed by atoms with Gasteiger partial charge in [0.05, 0.1) is 29.2 Å². The first-order valence-electron chi connectivity index (χ1n) is 10.3.